The smallest absolute Gasteiger partial charge is 0.189 e. The number of ether oxygens (including phenoxy) is 2. The van der Waals surface area contributed by atoms with Crippen molar-refractivity contribution in [3.63, 3.8) is 0 Å². The Bertz CT molecular complexity index is 996. The Kier molecular flexibility index (Phi) is 6.64. The Balaban J connectivity index is 2.19. The van der Waals surface area contributed by atoms with Crippen LogP contribution in [0.1, 0.15) is 31.7 Å². The van der Waals surface area contributed by atoms with Gasteiger partial charge in [0.25, 0.3) is 0 Å². The second kappa shape index (κ2) is 9.21. The molecule has 0 amide bonds. The van der Waals surface area contributed by atoms with E-state index in [-0.39, 0.29) is 11.6 Å². The molecule has 0 radical (unpaired) electrons. The van der Waals surface area contributed by atoms with Crippen molar-refractivity contribution in [1.29, 1.82) is 21.2 Å². The summed E-state index contributed by atoms with van der Waals surface area (Å²) in [4.78, 5) is 2.22. The molecule has 3 atom stereocenters. The number of rotatable bonds is 6. The van der Waals surface area contributed by atoms with Crippen molar-refractivity contribution >= 4 is 5.71 Å². The van der Waals surface area contributed by atoms with Crippen LogP contribution < -0.4 is 9.47 Å². The molecule has 3 rings (SSSR count). The van der Waals surface area contributed by atoms with Gasteiger partial charge in [0, 0.05) is 24.9 Å². The lowest BCUT2D eigenvalue weighted by Gasteiger charge is -2.47. The molecule has 1 aromatic rings. The standard InChI is InChI=1S/C24H27N5O2/c1-4-10-31-20-7-6-16(11-21(20)30-3)22-19-13-29(5-2)9-8-17(19)18(12-25)23(28)24(22,14-26)15-27/h6-8,11,18-19,22,28H,4-5,9-10,13H2,1-3H3/t18-,19+,22+/m1/s1. The highest BCUT2D eigenvalue weighted by atomic mass is 16.5. The number of methoxy groups -OCH3 is 1. The average molecular weight is 418 g/mol. The summed E-state index contributed by atoms with van der Waals surface area (Å²) >= 11 is 0. The maximum atomic E-state index is 10.2. The van der Waals surface area contributed by atoms with Crippen LogP contribution in [0.4, 0.5) is 0 Å². The number of benzene rings is 1. The molecule has 1 heterocycles. The highest BCUT2D eigenvalue weighted by molar-refractivity contribution is 6.00. The van der Waals surface area contributed by atoms with E-state index in [1.165, 1.54) is 0 Å². The first kappa shape index (κ1) is 22.3. The van der Waals surface area contributed by atoms with Gasteiger partial charge in [-0.2, -0.15) is 15.8 Å². The summed E-state index contributed by atoms with van der Waals surface area (Å²) in [6.07, 6.45) is 2.86. The normalized spacial score (nSPS) is 24.7. The lowest BCUT2D eigenvalue weighted by Crippen LogP contribution is -2.52. The summed E-state index contributed by atoms with van der Waals surface area (Å²) in [6, 6.07) is 11.9. The number of nitrogens with one attached hydrogen (secondary N) is 1. The van der Waals surface area contributed by atoms with Gasteiger partial charge >= 0.3 is 0 Å². The third-order valence-electron chi connectivity index (χ3n) is 6.32. The lowest BCUT2D eigenvalue weighted by atomic mass is 9.54. The molecule has 7 nitrogen and oxygen atoms in total. The number of hydrogen-bond donors (Lipinski definition) is 1. The Morgan fingerprint density at radius 2 is 1.94 bits per heavy atom. The maximum Gasteiger partial charge on any atom is 0.189 e. The van der Waals surface area contributed by atoms with E-state index in [4.69, 9.17) is 14.9 Å². The van der Waals surface area contributed by atoms with Crippen molar-refractivity contribution in [3.8, 4) is 29.7 Å². The van der Waals surface area contributed by atoms with Crippen LogP contribution in [-0.2, 0) is 0 Å². The number of likely N-dealkylation sites (N-methyl/N-ethyl adjacent to an activating group) is 1. The first-order valence-corrected chi connectivity index (χ1v) is 10.5. The fourth-order valence-electron chi connectivity index (χ4n) is 4.71. The summed E-state index contributed by atoms with van der Waals surface area (Å²) in [5.41, 5.74) is -0.286. The van der Waals surface area contributed by atoms with E-state index in [0.717, 1.165) is 24.1 Å². The summed E-state index contributed by atoms with van der Waals surface area (Å²) in [6.45, 7) is 6.77. The van der Waals surface area contributed by atoms with E-state index in [9.17, 15) is 15.8 Å². The van der Waals surface area contributed by atoms with Crippen molar-refractivity contribution in [2.24, 2.45) is 17.3 Å². The first-order valence-electron chi connectivity index (χ1n) is 10.5. The summed E-state index contributed by atoms with van der Waals surface area (Å²) in [5.74, 6) is -0.539. The Morgan fingerprint density at radius 3 is 2.52 bits per heavy atom. The second-order valence-corrected chi connectivity index (χ2v) is 7.91. The zero-order valence-corrected chi connectivity index (χ0v) is 18.2. The molecule has 0 unspecified atom stereocenters. The molecule has 1 N–H and O–H groups in total. The minimum atomic E-state index is -1.73. The molecule has 1 aliphatic heterocycles. The summed E-state index contributed by atoms with van der Waals surface area (Å²) in [7, 11) is 1.55. The number of hydrogen-bond acceptors (Lipinski definition) is 7. The molecule has 1 fully saturated rings. The predicted molar refractivity (Wildman–Crippen MR) is 116 cm³/mol. The van der Waals surface area contributed by atoms with E-state index in [1.807, 2.05) is 25.1 Å². The van der Waals surface area contributed by atoms with Gasteiger partial charge in [-0.25, -0.2) is 0 Å². The predicted octanol–water partition coefficient (Wildman–Crippen LogP) is 3.65. The van der Waals surface area contributed by atoms with Crippen LogP contribution >= 0.6 is 0 Å². The fraction of sp³-hybridized carbons (Fsp3) is 0.500. The van der Waals surface area contributed by atoms with Gasteiger partial charge in [-0.05, 0) is 36.2 Å². The monoisotopic (exact) mass is 417 g/mol. The summed E-state index contributed by atoms with van der Waals surface area (Å²) < 4.78 is 11.3. The van der Waals surface area contributed by atoms with E-state index >= 15 is 0 Å². The molecule has 0 aromatic heterocycles. The van der Waals surface area contributed by atoms with Gasteiger partial charge in [0.2, 0.25) is 0 Å². The van der Waals surface area contributed by atoms with Gasteiger partial charge in [0.15, 0.2) is 16.9 Å². The highest BCUT2D eigenvalue weighted by Crippen LogP contribution is 2.54. The van der Waals surface area contributed by atoms with E-state index in [1.54, 1.807) is 13.2 Å². The van der Waals surface area contributed by atoms with Crippen molar-refractivity contribution < 1.29 is 9.47 Å². The molecule has 0 spiro atoms. The quantitative estimate of drug-likeness (QED) is 0.706. The van der Waals surface area contributed by atoms with Crippen LogP contribution in [0.5, 0.6) is 11.5 Å². The van der Waals surface area contributed by atoms with E-state index in [2.05, 4.69) is 30.0 Å². The molecule has 1 aromatic carbocycles. The molecule has 0 saturated heterocycles. The SMILES string of the molecule is CCCOc1ccc([C@H]2[C@H]3CN(CC)CC=C3[C@@H](C#N)C(=N)C2(C#N)C#N)cc1OC. The molecule has 7 heteroatoms. The molecular formula is C24H27N5O2. The van der Waals surface area contributed by atoms with E-state index in [0.29, 0.717) is 31.2 Å². The Morgan fingerprint density at radius 1 is 1.19 bits per heavy atom. The lowest BCUT2D eigenvalue weighted by molar-refractivity contribution is 0.211. The molecule has 1 aliphatic carbocycles. The zero-order chi connectivity index (χ0) is 22.6. The van der Waals surface area contributed by atoms with Crippen LogP contribution in [0.2, 0.25) is 0 Å². The van der Waals surface area contributed by atoms with Gasteiger partial charge in [0.05, 0.1) is 37.6 Å². The van der Waals surface area contributed by atoms with Crippen LogP contribution in [0.25, 0.3) is 0 Å². The Labute approximate surface area is 183 Å². The Hall–Kier alpha value is -3.34. The fourth-order valence-corrected chi connectivity index (χ4v) is 4.71. The average Bonchev–Trinajstić information content (AvgIpc) is 2.81. The van der Waals surface area contributed by atoms with Crippen molar-refractivity contribution in [2.75, 3.05) is 33.4 Å². The van der Waals surface area contributed by atoms with Gasteiger partial charge in [0.1, 0.15) is 5.92 Å². The summed E-state index contributed by atoms with van der Waals surface area (Å²) in [5, 5.41) is 38.8. The molecule has 2 aliphatic rings. The van der Waals surface area contributed by atoms with Crippen LogP contribution in [0, 0.1) is 56.7 Å². The minimum Gasteiger partial charge on any atom is -0.493 e. The molecular weight excluding hydrogens is 390 g/mol. The molecule has 1 saturated carbocycles. The number of nitriles is 3. The van der Waals surface area contributed by atoms with E-state index < -0.39 is 17.3 Å². The molecule has 0 bridgehead atoms. The highest BCUT2D eigenvalue weighted by Gasteiger charge is 2.57. The van der Waals surface area contributed by atoms with Gasteiger partial charge in [-0.1, -0.05) is 26.0 Å². The van der Waals surface area contributed by atoms with Crippen LogP contribution in [-0.4, -0.2) is 44.0 Å². The second-order valence-electron chi connectivity index (χ2n) is 7.91. The minimum absolute atomic E-state index is 0.136. The number of fused-ring (bicyclic) bond motifs is 1. The number of nitrogens with zero attached hydrogens (tertiary/aromatic N) is 4. The zero-order valence-electron chi connectivity index (χ0n) is 18.2. The van der Waals surface area contributed by atoms with Crippen molar-refractivity contribution in [1.82, 2.24) is 4.90 Å². The topological polar surface area (TPSA) is 117 Å². The van der Waals surface area contributed by atoms with Crippen LogP contribution in [0.3, 0.4) is 0 Å². The first-order chi connectivity index (χ1) is 15.0. The third kappa shape index (κ3) is 3.65. The maximum absolute atomic E-state index is 10.2. The largest absolute Gasteiger partial charge is 0.493 e. The molecule has 160 valence electrons. The van der Waals surface area contributed by atoms with Gasteiger partial charge in [-0.15, -0.1) is 0 Å². The van der Waals surface area contributed by atoms with Crippen molar-refractivity contribution in [3.05, 3.63) is 35.4 Å². The molecule has 31 heavy (non-hydrogen) atoms. The third-order valence-corrected chi connectivity index (χ3v) is 6.32. The van der Waals surface area contributed by atoms with Gasteiger partial charge < -0.3 is 14.9 Å². The van der Waals surface area contributed by atoms with Gasteiger partial charge in [-0.3, -0.25) is 4.90 Å². The van der Waals surface area contributed by atoms with Crippen LogP contribution in [0.15, 0.2) is 29.8 Å². The van der Waals surface area contributed by atoms with Crippen molar-refractivity contribution in [2.45, 2.75) is 26.2 Å².